The van der Waals surface area contributed by atoms with E-state index in [-0.39, 0.29) is 18.0 Å². The molecule has 0 radical (unpaired) electrons. The first-order valence-electron chi connectivity index (χ1n) is 8.63. The van der Waals surface area contributed by atoms with E-state index in [4.69, 9.17) is 0 Å². The molecule has 0 unspecified atom stereocenters. The number of rotatable bonds is 3. The molecular weight excluding hydrogens is 346 g/mol. The van der Waals surface area contributed by atoms with Gasteiger partial charge in [0.05, 0.1) is 5.69 Å². The molecule has 1 aliphatic heterocycles. The van der Waals surface area contributed by atoms with Crippen LogP contribution in [0.15, 0.2) is 59.4 Å². The van der Waals surface area contributed by atoms with Crippen molar-refractivity contribution < 1.29 is 4.79 Å². The van der Waals surface area contributed by atoms with Crippen LogP contribution in [0.3, 0.4) is 0 Å². The first-order valence-corrected chi connectivity index (χ1v) is 9.79. The van der Waals surface area contributed by atoms with Crippen molar-refractivity contribution in [2.24, 2.45) is 0 Å². The van der Waals surface area contributed by atoms with Crippen LogP contribution in [0.2, 0.25) is 0 Å². The molecule has 0 spiro atoms. The molecule has 0 aliphatic carbocycles. The van der Waals surface area contributed by atoms with Crippen molar-refractivity contribution in [3.05, 3.63) is 65.0 Å². The standard InChI is InChI=1S/C20H19N3O2S/c24-19-8-7-18(17-6-5-15-3-1-2-4-16(15)13-17)21-23(19)14-20(25)22-9-11-26-12-10-22/h1-8,13H,9-12,14H2. The van der Waals surface area contributed by atoms with Gasteiger partial charge in [-0.3, -0.25) is 9.59 Å². The molecule has 1 saturated heterocycles. The van der Waals surface area contributed by atoms with E-state index in [1.54, 1.807) is 6.07 Å². The fourth-order valence-corrected chi connectivity index (χ4v) is 4.01. The smallest absolute Gasteiger partial charge is 0.267 e. The third-order valence-electron chi connectivity index (χ3n) is 4.56. The Morgan fingerprint density at radius 3 is 2.58 bits per heavy atom. The Hall–Kier alpha value is -2.60. The molecule has 2 heterocycles. The number of carbonyl (C=O) groups excluding carboxylic acids is 1. The Labute approximate surface area is 155 Å². The van der Waals surface area contributed by atoms with Crippen molar-refractivity contribution in [2.75, 3.05) is 24.6 Å². The zero-order valence-electron chi connectivity index (χ0n) is 14.3. The zero-order chi connectivity index (χ0) is 17.9. The first-order chi connectivity index (χ1) is 12.7. The molecule has 4 rings (SSSR count). The number of fused-ring (bicyclic) bond motifs is 1. The lowest BCUT2D eigenvalue weighted by molar-refractivity contribution is -0.131. The van der Waals surface area contributed by atoms with Gasteiger partial charge < -0.3 is 4.90 Å². The van der Waals surface area contributed by atoms with E-state index in [1.165, 1.54) is 10.7 Å². The molecule has 0 atom stereocenters. The van der Waals surface area contributed by atoms with Crippen LogP contribution in [-0.4, -0.2) is 45.2 Å². The Morgan fingerprint density at radius 1 is 1.00 bits per heavy atom. The number of amides is 1. The molecule has 132 valence electrons. The lowest BCUT2D eigenvalue weighted by atomic mass is 10.1. The summed E-state index contributed by atoms with van der Waals surface area (Å²) in [6, 6.07) is 17.4. The van der Waals surface area contributed by atoms with Crippen molar-refractivity contribution in [3.63, 3.8) is 0 Å². The van der Waals surface area contributed by atoms with E-state index >= 15 is 0 Å². The number of aromatic nitrogens is 2. The van der Waals surface area contributed by atoms with Gasteiger partial charge in [-0.15, -0.1) is 0 Å². The zero-order valence-corrected chi connectivity index (χ0v) is 15.1. The van der Waals surface area contributed by atoms with Crippen LogP contribution in [0.1, 0.15) is 0 Å². The van der Waals surface area contributed by atoms with Gasteiger partial charge in [0.25, 0.3) is 5.56 Å². The van der Waals surface area contributed by atoms with Crippen molar-refractivity contribution in [1.82, 2.24) is 14.7 Å². The predicted octanol–water partition coefficient (Wildman–Crippen LogP) is 2.64. The summed E-state index contributed by atoms with van der Waals surface area (Å²) in [6.45, 7) is 1.47. The van der Waals surface area contributed by atoms with Gasteiger partial charge in [0, 0.05) is 36.2 Å². The quantitative estimate of drug-likeness (QED) is 0.716. The maximum Gasteiger partial charge on any atom is 0.267 e. The molecule has 26 heavy (non-hydrogen) atoms. The van der Waals surface area contributed by atoms with Gasteiger partial charge in [-0.1, -0.05) is 36.4 Å². The molecule has 3 aromatic rings. The third kappa shape index (κ3) is 3.51. The van der Waals surface area contributed by atoms with Crippen LogP contribution in [-0.2, 0) is 11.3 Å². The number of hydrogen-bond acceptors (Lipinski definition) is 4. The number of thioether (sulfide) groups is 1. The van der Waals surface area contributed by atoms with Crippen molar-refractivity contribution >= 4 is 28.4 Å². The normalized spacial score (nSPS) is 14.5. The van der Waals surface area contributed by atoms with E-state index < -0.39 is 0 Å². The molecule has 1 fully saturated rings. The van der Waals surface area contributed by atoms with Crippen LogP contribution in [0.4, 0.5) is 0 Å². The summed E-state index contributed by atoms with van der Waals surface area (Å²) >= 11 is 1.85. The van der Waals surface area contributed by atoms with Crippen LogP contribution in [0.5, 0.6) is 0 Å². The summed E-state index contributed by atoms with van der Waals surface area (Å²) in [4.78, 5) is 26.4. The molecule has 1 aromatic heterocycles. The van der Waals surface area contributed by atoms with Gasteiger partial charge in [0.1, 0.15) is 6.54 Å². The maximum absolute atomic E-state index is 12.5. The second-order valence-electron chi connectivity index (χ2n) is 6.27. The third-order valence-corrected chi connectivity index (χ3v) is 5.50. The van der Waals surface area contributed by atoms with E-state index in [0.29, 0.717) is 5.69 Å². The van der Waals surface area contributed by atoms with Gasteiger partial charge in [0.2, 0.25) is 5.91 Å². The number of carbonyl (C=O) groups is 1. The second-order valence-corrected chi connectivity index (χ2v) is 7.49. The molecule has 0 saturated carbocycles. The van der Waals surface area contributed by atoms with Crippen LogP contribution in [0.25, 0.3) is 22.0 Å². The highest BCUT2D eigenvalue weighted by molar-refractivity contribution is 7.99. The van der Waals surface area contributed by atoms with Gasteiger partial charge in [0.15, 0.2) is 0 Å². The molecule has 6 heteroatoms. The van der Waals surface area contributed by atoms with E-state index in [2.05, 4.69) is 17.2 Å². The topological polar surface area (TPSA) is 55.2 Å². The molecular formula is C20H19N3O2S. The van der Waals surface area contributed by atoms with Gasteiger partial charge >= 0.3 is 0 Å². The average molecular weight is 365 g/mol. The van der Waals surface area contributed by atoms with Crippen LogP contribution in [0, 0.1) is 0 Å². The maximum atomic E-state index is 12.5. The SMILES string of the molecule is O=C(Cn1nc(-c2ccc3ccccc3c2)ccc1=O)N1CCSCC1. The van der Waals surface area contributed by atoms with Crippen molar-refractivity contribution in [1.29, 1.82) is 0 Å². The lowest BCUT2D eigenvalue weighted by Gasteiger charge is -2.26. The molecule has 2 aromatic carbocycles. The highest BCUT2D eigenvalue weighted by atomic mass is 32.2. The van der Waals surface area contributed by atoms with Crippen LogP contribution >= 0.6 is 11.8 Å². The molecule has 1 aliphatic rings. The Balaban J connectivity index is 1.62. The Kier molecular flexibility index (Phi) is 4.75. The fourth-order valence-electron chi connectivity index (χ4n) is 3.11. The van der Waals surface area contributed by atoms with Crippen molar-refractivity contribution in [3.8, 4) is 11.3 Å². The molecule has 5 nitrogen and oxygen atoms in total. The van der Waals surface area contributed by atoms with Crippen molar-refractivity contribution in [2.45, 2.75) is 6.54 Å². The summed E-state index contributed by atoms with van der Waals surface area (Å²) in [5.74, 6) is 1.85. The summed E-state index contributed by atoms with van der Waals surface area (Å²) in [6.07, 6.45) is 0. The molecule has 0 bridgehead atoms. The number of benzene rings is 2. The first kappa shape index (κ1) is 16.8. The summed E-state index contributed by atoms with van der Waals surface area (Å²) in [7, 11) is 0. The van der Waals surface area contributed by atoms with Gasteiger partial charge in [-0.05, 0) is 22.9 Å². The number of hydrogen-bond donors (Lipinski definition) is 0. The van der Waals surface area contributed by atoms with E-state index in [9.17, 15) is 9.59 Å². The summed E-state index contributed by atoms with van der Waals surface area (Å²) in [5.41, 5.74) is 1.37. The average Bonchev–Trinajstić information content (AvgIpc) is 2.70. The fraction of sp³-hybridized carbons (Fsp3) is 0.250. The summed E-state index contributed by atoms with van der Waals surface area (Å²) in [5, 5.41) is 6.71. The Bertz CT molecular complexity index is 1010. The van der Waals surface area contributed by atoms with Gasteiger partial charge in [-0.25, -0.2) is 4.68 Å². The van der Waals surface area contributed by atoms with Gasteiger partial charge in [-0.2, -0.15) is 16.9 Å². The largest absolute Gasteiger partial charge is 0.339 e. The highest BCUT2D eigenvalue weighted by Crippen LogP contribution is 2.22. The highest BCUT2D eigenvalue weighted by Gasteiger charge is 2.18. The second kappa shape index (κ2) is 7.33. The van der Waals surface area contributed by atoms with Crippen LogP contribution < -0.4 is 5.56 Å². The Morgan fingerprint density at radius 2 is 1.77 bits per heavy atom. The lowest BCUT2D eigenvalue weighted by Crippen LogP contribution is -2.41. The van der Waals surface area contributed by atoms with E-state index in [0.717, 1.165) is 40.9 Å². The number of nitrogens with zero attached hydrogens (tertiary/aromatic N) is 3. The predicted molar refractivity (Wildman–Crippen MR) is 105 cm³/mol. The minimum atomic E-state index is -0.255. The summed E-state index contributed by atoms with van der Waals surface area (Å²) < 4.78 is 1.27. The van der Waals surface area contributed by atoms with E-state index in [1.807, 2.05) is 47.0 Å². The minimum Gasteiger partial charge on any atom is -0.339 e. The monoisotopic (exact) mass is 365 g/mol. The minimum absolute atomic E-state index is 0.00901. The molecule has 1 amide bonds. The molecule has 0 N–H and O–H groups in total.